The Morgan fingerprint density at radius 2 is 1.73 bits per heavy atom. The maximum Gasteiger partial charge on any atom is 0.198 e. The lowest BCUT2D eigenvalue weighted by molar-refractivity contribution is 0.0975. The van der Waals surface area contributed by atoms with Crippen molar-refractivity contribution in [3.63, 3.8) is 0 Å². The second-order valence-corrected chi connectivity index (χ2v) is 10.1. The summed E-state index contributed by atoms with van der Waals surface area (Å²) in [6, 6.07) is 20.8. The summed E-state index contributed by atoms with van der Waals surface area (Å²) in [4.78, 5) is 26.0. The van der Waals surface area contributed by atoms with Gasteiger partial charge in [-0.15, -0.1) is 0 Å². The number of aryl methyl sites for hydroxylation is 1. The van der Waals surface area contributed by atoms with E-state index in [0.29, 0.717) is 52.8 Å². The zero-order valence-electron chi connectivity index (χ0n) is 20.7. The summed E-state index contributed by atoms with van der Waals surface area (Å²) in [6.07, 6.45) is 4.33. The highest BCUT2D eigenvalue weighted by Crippen LogP contribution is 2.34. The minimum absolute atomic E-state index is 0.131. The van der Waals surface area contributed by atoms with Crippen molar-refractivity contribution in [1.82, 2.24) is 15.1 Å². The average Bonchev–Trinajstić information content (AvgIpc) is 3.63. The molecule has 0 atom stereocenters. The first-order valence-corrected chi connectivity index (χ1v) is 12.8. The summed E-state index contributed by atoms with van der Waals surface area (Å²) in [5, 5.41) is 8.51. The van der Waals surface area contributed by atoms with E-state index in [9.17, 15) is 9.59 Å². The number of hydrogen-bond donors (Lipinski definition) is 2. The second kappa shape index (κ2) is 10.7. The van der Waals surface area contributed by atoms with E-state index in [0.717, 1.165) is 29.5 Å². The van der Waals surface area contributed by atoms with E-state index in [1.165, 1.54) is 6.20 Å². The Labute approximate surface area is 221 Å². The number of nitrogens with zero attached hydrogens (tertiary/aromatic N) is 2. The Bertz CT molecular complexity index is 1470. The van der Waals surface area contributed by atoms with Crippen LogP contribution in [0, 0.1) is 12.8 Å². The van der Waals surface area contributed by atoms with E-state index in [4.69, 9.17) is 17.3 Å². The number of aromatic nitrogens is 2. The fraction of sp³-hybridized carbons (Fsp3) is 0.233. The number of Topliss-reactive ketones (excluding diaryl/α,β-unsaturated/α-hetero) is 1. The van der Waals surface area contributed by atoms with Gasteiger partial charge in [-0.05, 0) is 66.6 Å². The van der Waals surface area contributed by atoms with Gasteiger partial charge in [0.05, 0.1) is 17.4 Å². The topological polar surface area (TPSA) is 90.0 Å². The summed E-state index contributed by atoms with van der Waals surface area (Å²) in [6.45, 7) is 3.20. The molecule has 1 aliphatic rings. The zero-order valence-corrected chi connectivity index (χ0v) is 21.5. The number of benzene rings is 3. The van der Waals surface area contributed by atoms with Crippen LogP contribution in [-0.4, -0.2) is 21.3 Å². The van der Waals surface area contributed by atoms with Crippen molar-refractivity contribution in [3.05, 3.63) is 111 Å². The largest absolute Gasteiger partial charge is 0.383 e. The van der Waals surface area contributed by atoms with Crippen LogP contribution in [0.1, 0.15) is 62.2 Å². The number of anilines is 1. The molecule has 0 saturated heterocycles. The van der Waals surface area contributed by atoms with Crippen molar-refractivity contribution in [2.24, 2.45) is 5.92 Å². The fourth-order valence-corrected chi connectivity index (χ4v) is 4.63. The molecule has 1 aliphatic carbocycles. The van der Waals surface area contributed by atoms with Crippen LogP contribution in [0.5, 0.6) is 0 Å². The van der Waals surface area contributed by atoms with Crippen LogP contribution in [0.15, 0.2) is 72.9 Å². The molecule has 0 aliphatic heterocycles. The van der Waals surface area contributed by atoms with Crippen molar-refractivity contribution >= 4 is 29.0 Å². The van der Waals surface area contributed by atoms with E-state index in [1.54, 1.807) is 10.7 Å². The molecule has 1 aromatic heterocycles. The maximum absolute atomic E-state index is 13.4. The Hall–Kier alpha value is -3.74. The van der Waals surface area contributed by atoms with Gasteiger partial charge < -0.3 is 11.1 Å². The lowest BCUT2D eigenvalue weighted by Gasteiger charge is -2.11. The predicted molar refractivity (Wildman–Crippen MR) is 146 cm³/mol. The number of carbonyl (C=O) groups excluding carboxylic acids is 2. The summed E-state index contributed by atoms with van der Waals surface area (Å²) >= 11 is 6.06. The molecule has 1 heterocycles. The van der Waals surface area contributed by atoms with Crippen LogP contribution in [0.4, 0.5) is 5.82 Å². The van der Waals surface area contributed by atoms with Crippen LogP contribution in [0.2, 0.25) is 5.02 Å². The molecular formula is C30H29ClN4O2. The zero-order chi connectivity index (χ0) is 25.9. The SMILES string of the molecule is Cc1ccc(C(=O)CC2CC2)cc1-n1ncc(C(=O)c2cccc(CNCc3cccc(Cl)c3)c2)c1N. The van der Waals surface area contributed by atoms with E-state index in [-0.39, 0.29) is 17.4 Å². The first-order chi connectivity index (χ1) is 17.9. The Morgan fingerprint density at radius 3 is 2.46 bits per heavy atom. The molecule has 4 aromatic rings. The summed E-state index contributed by atoms with van der Waals surface area (Å²) in [5.41, 5.74) is 11.6. The molecule has 0 bridgehead atoms. The minimum atomic E-state index is -0.195. The fourth-order valence-electron chi connectivity index (χ4n) is 4.41. The highest BCUT2D eigenvalue weighted by molar-refractivity contribution is 6.30. The van der Waals surface area contributed by atoms with Gasteiger partial charge in [0.1, 0.15) is 5.82 Å². The van der Waals surface area contributed by atoms with Crippen molar-refractivity contribution in [2.45, 2.75) is 39.3 Å². The molecule has 0 amide bonds. The average molecular weight is 513 g/mol. The summed E-state index contributed by atoms with van der Waals surface area (Å²) in [7, 11) is 0. The molecule has 1 fully saturated rings. The van der Waals surface area contributed by atoms with Gasteiger partial charge in [-0.3, -0.25) is 9.59 Å². The van der Waals surface area contributed by atoms with Gasteiger partial charge in [-0.2, -0.15) is 5.10 Å². The standard InChI is InChI=1S/C30H29ClN4O2/c1-19-8-11-23(28(36)14-20-9-10-20)15-27(19)35-30(32)26(18-34-35)29(37)24-6-2-4-21(12-24)16-33-17-22-5-3-7-25(31)13-22/h2-8,11-13,15,18,20,33H,9-10,14,16-17,32H2,1H3. The molecule has 188 valence electrons. The van der Waals surface area contributed by atoms with Crippen LogP contribution in [-0.2, 0) is 13.1 Å². The second-order valence-electron chi connectivity index (χ2n) is 9.69. The highest BCUT2D eigenvalue weighted by Gasteiger charge is 2.25. The van der Waals surface area contributed by atoms with Gasteiger partial charge >= 0.3 is 0 Å². The molecule has 0 spiro atoms. The van der Waals surface area contributed by atoms with E-state index >= 15 is 0 Å². The number of nitrogens with one attached hydrogen (secondary N) is 1. The number of nitrogens with two attached hydrogens (primary N) is 1. The number of halogens is 1. The molecule has 5 rings (SSSR count). The Balaban J connectivity index is 1.32. The van der Waals surface area contributed by atoms with Crippen LogP contribution in [0.3, 0.4) is 0 Å². The molecular weight excluding hydrogens is 484 g/mol. The van der Waals surface area contributed by atoms with Crippen LogP contribution < -0.4 is 11.1 Å². The Kier molecular flexibility index (Phi) is 7.22. The molecule has 0 radical (unpaired) electrons. The third-order valence-electron chi connectivity index (χ3n) is 6.72. The van der Waals surface area contributed by atoms with Crippen molar-refractivity contribution < 1.29 is 9.59 Å². The van der Waals surface area contributed by atoms with Crippen LogP contribution >= 0.6 is 11.6 Å². The first kappa shape index (κ1) is 24.9. The molecule has 6 nitrogen and oxygen atoms in total. The predicted octanol–water partition coefficient (Wildman–Crippen LogP) is 5.92. The summed E-state index contributed by atoms with van der Waals surface area (Å²) < 4.78 is 1.55. The van der Waals surface area contributed by atoms with E-state index in [1.807, 2.05) is 67.6 Å². The number of carbonyl (C=O) groups is 2. The molecule has 7 heteroatoms. The number of nitrogen functional groups attached to an aromatic ring is 1. The number of ketones is 2. The van der Waals surface area contributed by atoms with Crippen molar-refractivity contribution in [1.29, 1.82) is 0 Å². The quantitative estimate of drug-likeness (QED) is 0.257. The highest BCUT2D eigenvalue weighted by atomic mass is 35.5. The first-order valence-electron chi connectivity index (χ1n) is 12.5. The molecule has 37 heavy (non-hydrogen) atoms. The van der Waals surface area contributed by atoms with Gasteiger partial charge in [0, 0.05) is 35.7 Å². The van der Waals surface area contributed by atoms with Gasteiger partial charge in [0.2, 0.25) is 0 Å². The van der Waals surface area contributed by atoms with Crippen molar-refractivity contribution in [2.75, 3.05) is 5.73 Å². The molecule has 3 N–H and O–H groups in total. The van der Waals surface area contributed by atoms with Crippen molar-refractivity contribution in [3.8, 4) is 5.69 Å². The smallest absolute Gasteiger partial charge is 0.198 e. The molecule has 1 saturated carbocycles. The molecule has 3 aromatic carbocycles. The third kappa shape index (κ3) is 5.82. The maximum atomic E-state index is 13.4. The normalized spacial score (nSPS) is 13.0. The lowest BCUT2D eigenvalue weighted by atomic mass is 10.0. The van der Waals surface area contributed by atoms with E-state index in [2.05, 4.69) is 10.4 Å². The van der Waals surface area contributed by atoms with Gasteiger partial charge in [0.15, 0.2) is 11.6 Å². The molecule has 0 unspecified atom stereocenters. The van der Waals surface area contributed by atoms with E-state index < -0.39 is 0 Å². The minimum Gasteiger partial charge on any atom is -0.383 e. The van der Waals surface area contributed by atoms with Gasteiger partial charge in [-0.1, -0.05) is 54.1 Å². The number of rotatable bonds is 10. The van der Waals surface area contributed by atoms with Crippen LogP contribution in [0.25, 0.3) is 5.69 Å². The third-order valence-corrected chi connectivity index (χ3v) is 6.95. The number of hydrogen-bond acceptors (Lipinski definition) is 5. The Morgan fingerprint density at radius 1 is 1.00 bits per heavy atom. The van der Waals surface area contributed by atoms with Gasteiger partial charge in [-0.25, -0.2) is 4.68 Å². The summed E-state index contributed by atoms with van der Waals surface area (Å²) in [5.74, 6) is 0.703. The van der Waals surface area contributed by atoms with Gasteiger partial charge in [0.25, 0.3) is 0 Å². The monoisotopic (exact) mass is 512 g/mol. The lowest BCUT2D eigenvalue weighted by Crippen LogP contribution is -2.13.